The van der Waals surface area contributed by atoms with Gasteiger partial charge in [-0.05, 0) is 34.0 Å². The fraction of sp³-hybridized carbons (Fsp3) is 0.108. The van der Waals surface area contributed by atoms with Gasteiger partial charge in [0.2, 0.25) is 0 Å². The Morgan fingerprint density at radius 3 is 2.08 bits per heavy atom. The number of aryl methyl sites for hydroxylation is 1. The van der Waals surface area contributed by atoms with Gasteiger partial charge in [-0.25, -0.2) is 0 Å². The highest BCUT2D eigenvalue weighted by molar-refractivity contribution is 6.20. The maximum Gasteiger partial charge on any atom is 0.0708 e. The van der Waals surface area contributed by atoms with Crippen LogP contribution in [0.5, 0.6) is 0 Å². The van der Waals surface area contributed by atoms with Gasteiger partial charge in [-0.15, -0.1) is 0 Å². The first kappa shape index (κ1) is 25.4. The summed E-state index contributed by atoms with van der Waals surface area (Å²) >= 11 is 0. The maximum absolute atomic E-state index is 8.64. The Morgan fingerprint density at radius 1 is 0.675 bits per heavy atom. The van der Waals surface area contributed by atoms with Crippen molar-refractivity contribution in [1.82, 2.24) is 4.57 Å². The Balaban J connectivity index is 0.000000147. The second-order valence-electron chi connectivity index (χ2n) is 11.0. The zero-order valence-corrected chi connectivity index (χ0v) is 23.1. The molecule has 1 heterocycles. The van der Waals surface area contributed by atoms with Gasteiger partial charge < -0.3 is 10.3 Å². The Morgan fingerprint density at radius 2 is 1.32 bits per heavy atom. The SMILES string of the molecule is CC1(C)C=C(N)C(C(=N)c2ccccc2-c2ccccc2)=C1.Cn1c2ccccc2c2c3ccccc3ccc21. The Kier molecular flexibility index (Phi) is 6.36. The predicted molar refractivity (Wildman–Crippen MR) is 171 cm³/mol. The number of nitrogens with two attached hydrogens (primary N) is 1. The van der Waals surface area contributed by atoms with Crippen molar-refractivity contribution in [3.05, 3.63) is 144 Å². The number of nitrogens with zero attached hydrogens (tertiary/aromatic N) is 1. The van der Waals surface area contributed by atoms with Crippen molar-refractivity contribution in [3.63, 3.8) is 0 Å². The number of benzene rings is 5. The lowest BCUT2D eigenvalue weighted by Crippen LogP contribution is -2.10. The normalized spacial score (nSPS) is 14.1. The number of rotatable bonds is 3. The molecule has 0 unspecified atom stereocenters. The summed E-state index contributed by atoms with van der Waals surface area (Å²) in [6, 6.07) is 39.8. The smallest absolute Gasteiger partial charge is 0.0708 e. The van der Waals surface area contributed by atoms with Crippen LogP contribution in [0.1, 0.15) is 19.4 Å². The lowest BCUT2D eigenvalue weighted by Gasteiger charge is -2.13. The van der Waals surface area contributed by atoms with E-state index in [1.165, 1.54) is 32.6 Å². The molecule has 7 rings (SSSR count). The molecule has 0 saturated heterocycles. The lowest BCUT2D eigenvalue weighted by atomic mass is 9.91. The molecule has 0 bridgehead atoms. The Bertz CT molecular complexity index is 1950. The van der Waals surface area contributed by atoms with Crippen molar-refractivity contribution in [2.75, 3.05) is 0 Å². The number of nitrogens with one attached hydrogen (secondary N) is 1. The van der Waals surface area contributed by atoms with Crippen molar-refractivity contribution in [2.24, 2.45) is 18.2 Å². The van der Waals surface area contributed by atoms with Gasteiger partial charge in [0.05, 0.1) is 5.71 Å². The first-order valence-corrected chi connectivity index (χ1v) is 13.6. The average Bonchev–Trinajstić information content (AvgIpc) is 3.44. The molecule has 3 N–H and O–H groups in total. The summed E-state index contributed by atoms with van der Waals surface area (Å²) in [4.78, 5) is 0. The van der Waals surface area contributed by atoms with Crippen LogP contribution in [0.2, 0.25) is 0 Å². The molecule has 1 aromatic heterocycles. The minimum atomic E-state index is -0.0899. The number of hydrogen-bond donors (Lipinski definition) is 2. The third-order valence-electron chi connectivity index (χ3n) is 7.71. The number of para-hydroxylation sites is 1. The van der Waals surface area contributed by atoms with Crippen LogP contribution in [0, 0.1) is 10.8 Å². The summed E-state index contributed by atoms with van der Waals surface area (Å²) in [5, 5.41) is 14.0. The van der Waals surface area contributed by atoms with E-state index < -0.39 is 0 Å². The van der Waals surface area contributed by atoms with Crippen LogP contribution in [-0.2, 0) is 7.05 Å². The minimum absolute atomic E-state index is 0.0899. The molecule has 196 valence electrons. The standard InChI is InChI=1S/C20H20N2.C17H13N/c1-20(2)12-17(18(21)13-20)19(22)16-11-7-6-10-15(16)14-8-4-3-5-9-14;1-18-15-9-5-4-8-14(15)17-13-7-3-2-6-12(13)10-11-16(17)18/h3-13,22H,21H2,1-2H3;2-11H,1H3. The van der Waals surface area contributed by atoms with E-state index in [1.54, 1.807) is 0 Å². The number of aromatic nitrogens is 1. The summed E-state index contributed by atoms with van der Waals surface area (Å²) in [7, 11) is 2.14. The number of hydrogen-bond acceptors (Lipinski definition) is 2. The van der Waals surface area contributed by atoms with E-state index in [2.05, 4.69) is 110 Å². The maximum atomic E-state index is 8.64. The molecular weight excluding hydrogens is 486 g/mol. The number of allylic oxidation sites excluding steroid dienone is 3. The van der Waals surface area contributed by atoms with Crippen molar-refractivity contribution < 1.29 is 0 Å². The monoisotopic (exact) mass is 519 g/mol. The van der Waals surface area contributed by atoms with E-state index in [-0.39, 0.29) is 5.41 Å². The van der Waals surface area contributed by atoms with Gasteiger partial charge in [-0.2, -0.15) is 0 Å². The fourth-order valence-corrected chi connectivity index (χ4v) is 5.84. The van der Waals surface area contributed by atoms with Gasteiger partial charge in [-0.1, -0.05) is 129 Å². The zero-order chi connectivity index (χ0) is 27.9. The zero-order valence-electron chi connectivity index (χ0n) is 23.1. The van der Waals surface area contributed by atoms with Crippen LogP contribution >= 0.6 is 0 Å². The molecule has 0 fully saturated rings. The molecule has 40 heavy (non-hydrogen) atoms. The van der Waals surface area contributed by atoms with E-state index >= 15 is 0 Å². The second kappa shape index (κ2) is 10.0. The predicted octanol–water partition coefficient (Wildman–Crippen LogP) is 9.01. The molecule has 1 aliphatic carbocycles. The molecule has 0 amide bonds. The second-order valence-corrected chi connectivity index (χ2v) is 11.0. The summed E-state index contributed by atoms with van der Waals surface area (Å²) in [5.41, 5.74) is 13.7. The molecule has 6 aromatic rings. The first-order chi connectivity index (χ1) is 19.3. The lowest BCUT2D eigenvalue weighted by molar-refractivity contribution is 0.634. The van der Waals surface area contributed by atoms with Gasteiger partial charge >= 0.3 is 0 Å². The van der Waals surface area contributed by atoms with Crippen LogP contribution in [-0.4, -0.2) is 10.3 Å². The highest BCUT2D eigenvalue weighted by atomic mass is 14.9. The van der Waals surface area contributed by atoms with Crippen LogP contribution in [0.25, 0.3) is 43.7 Å². The molecule has 0 spiro atoms. The van der Waals surface area contributed by atoms with E-state index in [9.17, 15) is 0 Å². The fourth-order valence-electron chi connectivity index (χ4n) is 5.84. The van der Waals surface area contributed by atoms with Crippen molar-refractivity contribution >= 4 is 38.3 Å². The molecule has 0 atom stereocenters. The van der Waals surface area contributed by atoms with Gasteiger partial charge in [0.25, 0.3) is 0 Å². The molecule has 1 aliphatic rings. The third kappa shape index (κ3) is 4.50. The van der Waals surface area contributed by atoms with Crippen LogP contribution in [0.4, 0.5) is 0 Å². The van der Waals surface area contributed by atoms with Gasteiger partial charge in [0.1, 0.15) is 0 Å². The highest BCUT2D eigenvalue weighted by Crippen LogP contribution is 2.35. The van der Waals surface area contributed by atoms with Gasteiger partial charge in [0.15, 0.2) is 0 Å². The van der Waals surface area contributed by atoms with Crippen LogP contribution < -0.4 is 5.73 Å². The molecule has 3 nitrogen and oxygen atoms in total. The third-order valence-corrected chi connectivity index (χ3v) is 7.71. The van der Waals surface area contributed by atoms with Gasteiger partial charge in [0, 0.05) is 51.1 Å². The molecule has 0 aliphatic heterocycles. The van der Waals surface area contributed by atoms with Crippen LogP contribution in [0.15, 0.2) is 139 Å². The van der Waals surface area contributed by atoms with E-state index in [4.69, 9.17) is 11.1 Å². The van der Waals surface area contributed by atoms with Crippen LogP contribution in [0.3, 0.4) is 0 Å². The van der Waals surface area contributed by atoms with E-state index in [0.717, 1.165) is 22.3 Å². The van der Waals surface area contributed by atoms with E-state index in [1.807, 2.05) is 42.5 Å². The summed E-state index contributed by atoms with van der Waals surface area (Å²) in [6.45, 7) is 4.20. The number of fused-ring (bicyclic) bond motifs is 5. The topological polar surface area (TPSA) is 54.8 Å². The van der Waals surface area contributed by atoms with E-state index in [0.29, 0.717) is 11.4 Å². The van der Waals surface area contributed by atoms with Crippen molar-refractivity contribution in [1.29, 1.82) is 5.41 Å². The molecule has 0 saturated carbocycles. The molecular formula is C37H33N3. The first-order valence-electron chi connectivity index (χ1n) is 13.6. The molecule has 0 radical (unpaired) electrons. The van der Waals surface area contributed by atoms with Crippen molar-refractivity contribution in [2.45, 2.75) is 13.8 Å². The largest absolute Gasteiger partial charge is 0.398 e. The molecule has 3 heteroatoms. The Labute approximate surface area is 235 Å². The highest BCUT2D eigenvalue weighted by Gasteiger charge is 2.25. The summed E-state index contributed by atoms with van der Waals surface area (Å²) in [5.74, 6) is 0. The Hall–Kier alpha value is -4.89. The quantitative estimate of drug-likeness (QED) is 0.225. The average molecular weight is 520 g/mol. The van der Waals surface area contributed by atoms with Crippen molar-refractivity contribution in [3.8, 4) is 11.1 Å². The summed E-state index contributed by atoms with van der Waals surface area (Å²) < 4.78 is 2.27. The summed E-state index contributed by atoms with van der Waals surface area (Å²) in [6.07, 6.45) is 4.09. The minimum Gasteiger partial charge on any atom is -0.398 e. The molecule has 5 aromatic carbocycles. The van der Waals surface area contributed by atoms with Gasteiger partial charge in [-0.3, -0.25) is 5.41 Å².